The summed E-state index contributed by atoms with van der Waals surface area (Å²) in [4.78, 5) is 14.6. The number of hydrogen-bond acceptors (Lipinski definition) is 3. The van der Waals surface area contributed by atoms with Crippen molar-refractivity contribution in [2.45, 2.75) is 0 Å². The summed E-state index contributed by atoms with van der Waals surface area (Å²) in [6.07, 6.45) is 3.68. The van der Waals surface area contributed by atoms with Gasteiger partial charge in [-0.3, -0.25) is 4.98 Å². The fourth-order valence-corrected chi connectivity index (χ4v) is 5.77. The molecule has 0 bridgehead atoms. The molecule has 0 atom stereocenters. The molecular weight excluding hydrogens is 486 g/mol. The summed E-state index contributed by atoms with van der Waals surface area (Å²) in [5.74, 6) is 0.727. The number of nitrogens with zero attached hydrogens (tertiary/aromatic N) is 3. The van der Waals surface area contributed by atoms with Crippen LogP contribution in [0.5, 0.6) is 0 Å². The van der Waals surface area contributed by atoms with E-state index < -0.39 is 0 Å². The molecule has 6 aromatic carbocycles. The molecule has 0 N–H and O–H groups in total. The van der Waals surface area contributed by atoms with Crippen LogP contribution in [0.2, 0.25) is 0 Å². The molecular formula is C37H23N3. The standard InChI is InChI=1S/C37H23N3/c1-2-6-25(7-3-1)33-22-34(26-13-11-24(12-14-26)30-10-5-21-38-23-30)40-37(39-33)32-20-18-29-16-15-27-8-4-9-28-17-19-31(32)36(29)35(27)28/h1-23H. The van der Waals surface area contributed by atoms with Crippen molar-refractivity contribution in [1.82, 2.24) is 15.0 Å². The first-order valence-electron chi connectivity index (χ1n) is 13.4. The molecule has 0 saturated carbocycles. The van der Waals surface area contributed by atoms with Crippen LogP contribution in [-0.2, 0) is 0 Å². The van der Waals surface area contributed by atoms with E-state index >= 15 is 0 Å². The van der Waals surface area contributed by atoms with Crippen LogP contribution >= 0.6 is 0 Å². The first-order valence-corrected chi connectivity index (χ1v) is 13.4. The number of pyridine rings is 1. The van der Waals surface area contributed by atoms with E-state index in [1.807, 2.05) is 18.3 Å². The normalized spacial score (nSPS) is 11.5. The highest BCUT2D eigenvalue weighted by atomic mass is 14.9. The Morgan fingerprint density at radius 2 is 1.05 bits per heavy atom. The summed E-state index contributed by atoms with van der Waals surface area (Å²) in [5, 5.41) is 7.47. The van der Waals surface area contributed by atoms with Crippen molar-refractivity contribution in [2.24, 2.45) is 0 Å². The van der Waals surface area contributed by atoms with Gasteiger partial charge in [0.05, 0.1) is 11.4 Å². The van der Waals surface area contributed by atoms with Gasteiger partial charge >= 0.3 is 0 Å². The number of benzene rings is 6. The lowest BCUT2D eigenvalue weighted by Gasteiger charge is -2.15. The van der Waals surface area contributed by atoms with Crippen LogP contribution in [0.15, 0.2) is 140 Å². The van der Waals surface area contributed by atoms with Crippen LogP contribution in [0, 0.1) is 0 Å². The van der Waals surface area contributed by atoms with E-state index in [1.54, 1.807) is 6.20 Å². The lowest BCUT2D eigenvalue weighted by Crippen LogP contribution is -1.97. The molecule has 186 valence electrons. The average Bonchev–Trinajstić information content (AvgIpc) is 3.04. The molecule has 8 aromatic rings. The largest absolute Gasteiger partial charge is 0.264 e. The molecule has 2 aromatic heterocycles. The summed E-state index contributed by atoms with van der Waals surface area (Å²) < 4.78 is 0. The summed E-state index contributed by atoms with van der Waals surface area (Å²) in [6.45, 7) is 0. The third-order valence-corrected chi connectivity index (χ3v) is 7.74. The molecule has 3 nitrogen and oxygen atoms in total. The molecule has 0 amide bonds. The van der Waals surface area contributed by atoms with Gasteiger partial charge in [0.25, 0.3) is 0 Å². The third kappa shape index (κ3) is 3.71. The number of hydrogen-bond donors (Lipinski definition) is 0. The molecule has 8 rings (SSSR count). The van der Waals surface area contributed by atoms with E-state index in [9.17, 15) is 0 Å². The second kappa shape index (κ2) is 9.11. The van der Waals surface area contributed by atoms with Crippen LogP contribution in [0.1, 0.15) is 0 Å². The first-order chi connectivity index (χ1) is 19.8. The quantitative estimate of drug-likeness (QED) is 0.222. The van der Waals surface area contributed by atoms with Crippen molar-refractivity contribution in [2.75, 3.05) is 0 Å². The molecule has 0 aliphatic carbocycles. The van der Waals surface area contributed by atoms with Crippen LogP contribution in [0.25, 0.3) is 77.3 Å². The van der Waals surface area contributed by atoms with Crippen LogP contribution < -0.4 is 0 Å². The van der Waals surface area contributed by atoms with Crippen molar-refractivity contribution in [3.63, 3.8) is 0 Å². The molecule has 0 fully saturated rings. The van der Waals surface area contributed by atoms with E-state index in [0.29, 0.717) is 0 Å². The Morgan fingerprint density at radius 1 is 0.425 bits per heavy atom. The van der Waals surface area contributed by atoms with Crippen molar-refractivity contribution in [1.29, 1.82) is 0 Å². The average molecular weight is 510 g/mol. The lowest BCUT2D eigenvalue weighted by atomic mass is 9.91. The van der Waals surface area contributed by atoms with Crippen LogP contribution in [0.4, 0.5) is 0 Å². The smallest absolute Gasteiger partial charge is 0.161 e. The van der Waals surface area contributed by atoms with Gasteiger partial charge in [0.15, 0.2) is 5.82 Å². The van der Waals surface area contributed by atoms with Gasteiger partial charge in [-0.2, -0.15) is 0 Å². The monoisotopic (exact) mass is 509 g/mol. The Morgan fingerprint density at radius 3 is 1.77 bits per heavy atom. The molecule has 0 unspecified atom stereocenters. The Hall–Kier alpha value is -5.41. The minimum absolute atomic E-state index is 0.727. The van der Waals surface area contributed by atoms with Crippen molar-refractivity contribution < 1.29 is 0 Å². The fourth-order valence-electron chi connectivity index (χ4n) is 5.77. The van der Waals surface area contributed by atoms with E-state index in [-0.39, 0.29) is 0 Å². The van der Waals surface area contributed by atoms with Crippen LogP contribution in [0.3, 0.4) is 0 Å². The molecule has 0 spiro atoms. The molecule has 0 aliphatic heterocycles. The maximum Gasteiger partial charge on any atom is 0.161 e. The number of aromatic nitrogens is 3. The fraction of sp³-hybridized carbons (Fsp3) is 0. The van der Waals surface area contributed by atoms with Crippen molar-refractivity contribution in [3.05, 3.63) is 140 Å². The van der Waals surface area contributed by atoms with Gasteiger partial charge in [0, 0.05) is 29.1 Å². The lowest BCUT2D eigenvalue weighted by molar-refractivity contribution is 1.19. The van der Waals surface area contributed by atoms with Gasteiger partial charge < -0.3 is 0 Å². The van der Waals surface area contributed by atoms with Gasteiger partial charge in [0.2, 0.25) is 0 Å². The SMILES string of the molecule is c1ccc(-c2cc(-c3ccc(-c4cccnc4)cc3)nc(-c3ccc4ccc5cccc6ccc3c4c56)n2)cc1. The minimum Gasteiger partial charge on any atom is -0.264 e. The van der Waals surface area contributed by atoms with Crippen molar-refractivity contribution in [3.8, 4) is 45.0 Å². The Bertz CT molecular complexity index is 2120. The van der Waals surface area contributed by atoms with Gasteiger partial charge in [0.1, 0.15) is 0 Å². The molecule has 0 aliphatic rings. The Kier molecular flexibility index (Phi) is 5.14. The second-order valence-corrected chi connectivity index (χ2v) is 10.1. The maximum absolute atomic E-state index is 5.16. The van der Waals surface area contributed by atoms with Gasteiger partial charge in [-0.1, -0.05) is 109 Å². The molecule has 2 heterocycles. The zero-order valence-corrected chi connectivity index (χ0v) is 21.6. The van der Waals surface area contributed by atoms with E-state index in [1.165, 1.54) is 32.3 Å². The van der Waals surface area contributed by atoms with Crippen LogP contribution in [-0.4, -0.2) is 15.0 Å². The highest BCUT2D eigenvalue weighted by Gasteiger charge is 2.16. The summed E-state index contributed by atoms with van der Waals surface area (Å²) in [7, 11) is 0. The predicted octanol–water partition coefficient (Wildman–Crippen LogP) is 9.44. The van der Waals surface area contributed by atoms with Gasteiger partial charge in [-0.05, 0) is 61.6 Å². The zero-order valence-electron chi connectivity index (χ0n) is 21.6. The highest BCUT2D eigenvalue weighted by molar-refractivity contribution is 6.25. The van der Waals surface area contributed by atoms with Crippen molar-refractivity contribution >= 4 is 32.3 Å². The Balaban J connectivity index is 1.34. The zero-order chi connectivity index (χ0) is 26.5. The second-order valence-electron chi connectivity index (χ2n) is 10.1. The summed E-state index contributed by atoms with van der Waals surface area (Å²) in [5.41, 5.74) is 7.17. The summed E-state index contributed by atoms with van der Waals surface area (Å²) >= 11 is 0. The first kappa shape index (κ1) is 22.6. The van der Waals surface area contributed by atoms with E-state index in [2.05, 4.69) is 120 Å². The van der Waals surface area contributed by atoms with E-state index in [4.69, 9.17) is 9.97 Å². The number of rotatable bonds is 4. The third-order valence-electron chi connectivity index (χ3n) is 7.74. The molecule has 0 radical (unpaired) electrons. The molecule has 0 saturated heterocycles. The molecule has 40 heavy (non-hydrogen) atoms. The summed E-state index contributed by atoms with van der Waals surface area (Å²) in [6, 6.07) is 44.7. The highest BCUT2D eigenvalue weighted by Crippen LogP contribution is 2.39. The Labute approximate surface area is 231 Å². The van der Waals surface area contributed by atoms with Gasteiger partial charge in [-0.15, -0.1) is 0 Å². The predicted molar refractivity (Wildman–Crippen MR) is 165 cm³/mol. The maximum atomic E-state index is 5.16. The molecule has 3 heteroatoms. The van der Waals surface area contributed by atoms with E-state index in [0.717, 1.165) is 45.0 Å². The van der Waals surface area contributed by atoms with Gasteiger partial charge in [-0.25, -0.2) is 9.97 Å². The minimum atomic E-state index is 0.727. The topological polar surface area (TPSA) is 38.7 Å².